The highest BCUT2D eigenvalue weighted by atomic mass is 35.5. The molecule has 0 aromatic carbocycles. The van der Waals surface area contributed by atoms with E-state index in [1.165, 1.54) is 11.8 Å². The predicted molar refractivity (Wildman–Crippen MR) is 75.3 cm³/mol. The number of hydrogen-bond acceptors (Lipinski definition) is 3. The predicted octanol–water partition coefficient (Wildman–Crippen LogP) is 3.22. The Kier molecular flexibility index (Phi) is 5.10. The van der Waals surface area contributed by atoms with E-state index < -0.39 is 10.7 Å². The number of aromatic nitrogens is 2. The maximum Gasteiger partial charge on any atom is 0.319 e. The van der Waals surface area contributed by atoms with Crippen LogP contribution >= 0.6 is 23.4 Å². The normalized spacial score (nSPS) is 11.8. The molecule has 0 unspecified atom stereocenters. The van der Waals surface area contributed by atoms with Crippen molar-refractivity contribution in [2.45, 2.75) is 51.2 Å². The van der Waals surface area contributed by atoms with Crippen LogP contribution in [0.25, 0.3) is 0 Å². The zero-order valence-corrected chi connectivity index (χ0v) is 12.7. The molecule has 0 spiro atoms. The van der Waals surface area contributed by atoms with Crippen LogP contribution in [-0.2, 0) is 23.5 Å². The lowest BCUT2D eigenvalue weighted by atomic mass is 10.2. The molecule has 18 heavy (non-hydrogen) atoms. The van der Waals surface area contributed by atoms with E-state index in [4.69, 9.17) is 16.7 Å². The van der Waals surface area contributed by atoms with Gasteiger partial charge in [0.25, 0.3) is 0 Å². The molecule has 0 aliphatic rings. The summed E-state index contributed by atoms with van der Waals surface area (Å²) in [6.07, 6.45) is 0.784. The summed E-state index contributed by atoms with van der Waals surface area (Å²) in [5.74, 6) is -0.263. The summed E-state index contributed by atoms with van der Waals surface area (Å²) in [5.41, 5.74) is 1.79. The van der Waals surface area contributed by atoms with Crippen LogP contribution in [0.5, 0.6) is 0 Å². The van der Waals surface area contributed by atoms with E-state index in [0.29, 0.717) is 10.8 Å². The van der Waals surface area contributed by atoms with Crippen molar-refractivity contribution < 1.29 is 9.90 Å². The van der Waals surface area contributed by atoms with Gasteiger partial charge in [0.1, 0.15) is 4.75 Å². The van der Waals surface area contributed by atoms with Crippen molar-refractivity contribution in [1.82, 2.24) is 9.78 Å². The lowest BCUT2D eigenvalue weighted by Gasteiger charge is -2.18. The average molecular weight is 291 g/mol. The summed E-state index contributed by atoms with van der Waals surface area (Å²) in [6.45, 7) is 8.14. The number of aryl methyl sites for hydroxylation is 2. The number of hydrogen-bond donors (Lipinski definition) is 1. The highest BCUT2D eigenvalue weighted by Crippen LogP contribution is 2.32. The van der Waals surface area contributed by atoms with Crippen LogP contribution in [0.15, 0.2) is 0 Å². The summed E-state index contributed by atoms with van der Waals surface area (Å²) in [7, 11) is 0. The third kappa shape index (κ3) is 3.20. The van der Waals surface area contributed by atoms with E-state index in [0.717, 1.165) is 24.4 Å². The summed E-state index contributed by atoms with van der Waals surface area (Å²) < 4.78 is 1.03. The van der Waals surface area contributed by atoms with Gasteiger partial charge in [-0.25, -0.2) is 0 Å². The van der Waals surface area contributed by atoms with Gasteiger partial charge in [0.15, 0.2) is 0 Å². The highest BCUT2D eigenvalue weighted by molar-refractivity contribution is 8.00. The molecule has 0 saturated heterocycles. The van der Waals surface area contributed by atoms with E-state index in [1.54, 1.807) is 13.8 Å². The van der Waals surface area contributed by atoms with Crippen molar-refractivity contribution in [1.29, 1.82) is 0 Å². The van der Waals surface area contributed by atoms with Crippen LogP contribution in [0, 0.1) is 0 Å². The third-order valence-corrected chi connectivity index (χ3v) is 4.53. The molecule has 0 saturated carbocycles. The molecule has 1 aromatic heterocycles. The van der Waals surface area contributed by atoms with Crippen LogP contribution in [-0.4, -0.2) is 25.6 Å². The van der Waals surface area contributed by atoms with E-state index in [9.17, 15) is 4.79 Å². The molecule has 0 atom stereocenters. The minimum Gasteiger partial charge on any atom is -0.480 e. The Labute approximate surface area is 117 Å². The van der Waals surface area contributed by atoms with Crippen LogP contribution < -0.4 is 0 Å². The van der Waals surface area contributed by atoms with Gasteiger partial charge in [0.2, 0.25) is 0 Å². The fourth-order valence-electron chi connectivity index (χ4n) is 1.47. The molecule has 0 aliphatic carbocycles. The van der Waals surface area contributed by atoms with Gasteiger partial charge in [0, 0.05) is 12.3 Å². The van der Waals surface area contributed by atoms with Crippen LogP contribution in [0.2, 0.25) is 5.02 Å². The van der Waals surface area contributed by atoms with Gasteiger partial charge in [-0.2, -0.15) is 5.10 Å². The number of carboxylic acids is 1. The number of rotatable bonds is 6. The van der Waals surface area contributed by atoms with E-state index in [2.05, 4.69) is 5.10 Å². The summed E-state index contributed by atoms with van der Waals surface area (Å²) in [4.78, 5) is 11.1. The van der Waals surface area contributed by atoms with Crippen molar-refractivity contribution >= 4 is 29.3 Å². The number of halogens is 1. The third-order valence-electron chi connectivity index (χ3n) is 2.78. The second kappa shape index (κ2) is 5.97. The maximum atomic E-state index is 11.1. The molecule has 0 fully saturated rings. The van der Waals surface area contributed by atoms with Crippen LogP contribution in [0.4, 0.5) is 0 Å². The standard InChI is InChI=1S/C12H19ClN2O2S/c1-5-8-10(13)9(15(6-2)14-8)7-18-12(3,4)11(16)17/h5-7H2,1-4H3,(H,16,17). The summed E-state index contributed by atoms with van der Waals surface area (Å²) in [6, 6.07) is 0. The Bertz CT molecular complexity index is 444. The number of carbonyl (C=O) groups is 1. The van der Waals surface area contributed by atoms with Gasteiger partial charge < -0.3 is 5.11 Å². The molecule has 1 rings (SSSR count). The molecule has 0 radical (unpaired) electrons. The Morgan fingerprint density at radius 3 is 2.56 bits per heavy atom. The first kappa shape index (κ1) is 15.4. The molecule has 1 heterocycles. The largest absolute Gasteiger partial charge is 0.480 e. The number of nitrogens with zero attached hydrogens (tertiary/aromatic N) is 2. The summed E-state index contributed by atoms with van der Waals surface area (Å²) in [5, 5.41) is 14.2. The smallest absolute Gasteiger partial charge is 0.319 e. The minimum absolute atomic E-state index is 0.555. The topological polar surface area (TPSA) is 55.1 Å². The molecule has 4 nitrogen and oxygen atoms in total. The van der Waals surface area contributed by atoms with Crippen molar-refractivity contribution in [3.8, 4) is 0 Å². The molecule has 6 heteroatoms. The second-order valence-electron chi connectivity index (χ2n) is 4.48. The number of aliphatic carboxylic acids is 1. The molecule has 0 amide bonds. The zero-order valence-electron chi connectivity index (χ0n) is 11.2. The first-order valence-corrected chi connectivity index (χ1v) is 7.31. The SMILES string of the molecule is CCc1nn(CC)c(CSC(C)(C)C(=O)O)c1Cl. The fourth-order valence-corrected chi connectivity index (χ4v) is 2.80. The lowest BCUT2D eigenvalue weighted by molar-refractivity contribution is -0.138. The molecule has 1 N–H and O–H groups in total. The van der Waals surface area contributed by atoms with Gasteiger partial charge in [-0.3, -0.25) is 9.48 Å². The molecular formula is C12H19ClN2O2S. The van der Waals surface area contributed by atoms with E-state index >= 15 is 0 Å². The molecule has 0 bridgehead atoms. The minimum atomic E-state index is -0.821. The first-order valence-electron chi connectivity index (χ1n) is 5.94. The highest BCUT2D eigenvalue weighted by Gasteiger charge is 2.28. The zero-order chi connectivity index (χ0) is 13.9. The second-order valence-corrected chi connectivity index (χ2v) is 6.46. The maximum absolute atomic E-state index is 11.1. The van der Waals surface area contributed by atoms with Crippen molar-refractivity contribution in [2.24, 2.45) is 0 Å². The Morgan fingerprint density at radius 1 is 1.50 bits per heavy atom. The molecule has 102 valence electrons. The quantitative estimate of drug-likeness (QED) is 0.874. The molecular weight excluding hydrogens is 272 g/mol. The van der Waals surface area contributed by atoms with E-state index in [1.807, 2.05) is 18.5 Å². The van der Waals surface area contributed by atoms with Crippen molar-refractivity contribution in [3.63, 3.8) is 0 Å². The fraction of sp³-hybridized carbons (Fsp3) is 0.667. The molecule has 1 aromatic rings. The Hall–Kier alpha value is -0.680. The van der Waals surface area contributed by atoms with Crippen molar-refractivity contribution in [2.75, 3.05) is 0 Å². The van der Waals surface area contributed by atoms with Gasteiger partial charge >= 0.3 is 5.97 Å². The van der Waals surface area contributed by atoms with Gasteiger partial charge in [-0.1, -0.05) is 18.5 Å². The molecule has 0 aliphatic heterocycles. The Balaban J connectivity index is 2.91. The van der Waals surface area contributed by atoms with Gasteiger partial charge in [-0.05, 0) is 27.2 Å². The van der Waals surface area contributed by atoms with Gasteiger partial charge in [0.05, 0.1) is 16.4 Å². The van der Waals surface area contributed by atoms with Crippen LogP contribution in [0.1, 0.15) is 39.1 Å². The lowest BCUT2D eigenvalue weighted by Crippen LogP contribution is -2.27. The summed E-state index contributed by atoms with van der Waals surface area (Å²) >= 11 is 7.64. The monoisotopic (exact) mass is 290 g/mol. The Morgan fingerprint density at radius 2 is 2.11 bits per heavy atom. The van der Waals surface area contributed by atoms with Crippen LogP contribution in [0.3, 0.4) is 0 Å². The number of thioether (sulfide) groups is 1. The van der Waals surface area contributed by atoms with E-state index in [-0.39, 0.29) is 0 Å². The van der Waals surface area contributed by atoms with Crippen molar-refractivity contribution in [3.05, 3.63) is 16.4 Å². The van der Waals surface area contributed by atoms with Gasteiger partial charge in [-0.15, -0.1) is 11.8 Å². The number of carboxylic acid groups (broad SMARTS) is 1. The first-order chi connectivity index (χ1) is 8.33. The average Bonchev–Trinajstić information content (AvgIpc) is 2.62.